The van der Waals surface area contributed by atoms with Crippen molar-refractivity contribution in [1.29, 1.82) is 0 Å². The first-order valence-corrected chi connectivity index (χ1v) is 7.20. The van der Waals surface area contributed by atoms with Gasteiger partial charge in [0.25, 0.3) is 0 Å². The summed E-state index contributed by atoms with van der Waals surface area (Å²) in [5.41, 5.74) is 5.60. The molecule has 0 bridgehead atoms. The summed E-state index contributed by atoms with van der Waals surface area (Å²) in [5, 5.41) is 0. The van der Waals surface area contributed by atoms with E-state index in [0.717, 1.165) is 12.5 Å². The maximum atomic E-state index is 13.6. The van der Waals surface area contributed by atoms with Gasteiger partial charge >= 0.3 is 0 Å². The molecule has 0 aliphatic carbocycles. The number of nitrogen functional groups attached to an aromatic ring is 1. The number of halogens is 1. The largest absolute Gasteiger partial charge is 0.399 e. The second-order valence-corrected chi connectivity index (χ2v) is 6.71. The van der Waals surface area contributed by atoms with E-state index in [1.807, 2.05) is 13.8 Å². The maximum absolute atomic E-state index is 13.6. The molecule has 1 aromatic carbocycles. The van der Waals surface area contributed by atoms with Crippen LogP contribution in [-0.4, -0.2) is 26.3 Å². The molecular weight excluding hydrogens is 255 g/mol. The first-order valence-electron chi connectivity index (χ1n) is 5.76. The zero-order valence-corrected chi connectivity index (χ0v) is 11.7. The van der Waals surface area contributed by atoms with Crippen LogP contribution in [0.4, 0.5) is 10.1 Å². The Morgan fingerprint density at radius 2 is 2.00 bits per heavy atom. The molecule has 2 N–H and O–H groups in total. The third kappa shape index (κ3) is 3.43. The van der Waals surface area contributed by atoms with E-state index < -0.39 is 15.8 Å². The van der Waals surface area contributed by atoms with Gasteiger partial charge in [-0.1, -0.05) is 13.8 Å². The van der Waals surface area contributed by atoms with E-state index in [-0.39, 0.29) is 10.6 Å². The lowest BCUT2D eigenvalue weighted by molar-refractivity contribution is 0.424. The quantitative estimate of drug-likeness (QED) is 0.836. The molecule has 0 atom stereocenters. The summed E-state index contributed by atoms with van der Waals surface area (Å²) >= 11 is 0. The Morgan fingerprint density at radius 3 is 2.50 bits per heavy atom. The lowest BCUT2D eigenvalue weighted by Crippen LogP contribution is -2.29. The van der Waals surface area contributed by atoms with Crippen LogP contribution in [0.3, 0.4) is 0 Å². The highest BCUT2D eigenvalue weighted by atomic mass is 32.2. The second-order valence-electron chi connectivity index (χ2n) is 4.70. The molecule has 0 unspecified atom stereocenters. The summed E-state index contributed by atoms with van der Waals surface area (Å²) in [4.78, 5) is -0.331. The van der Waals surface area contributed by atoms with Crippen LogP contribution in [-0.2, 0) is 10.0 Å². The van der Waals surface area contributed by atoms with E-state index in [9.17, 15) is 12.8 Å². The van der Waals surface area contributed by atoms with E-state index in [0.29, 0.717) is 12.5 Å². The smallest absolute Gasteiger partial charge is 0.245 e. The number of anilines is 1. The highest BCUT2D eigenvalue weighted by molar-refractivity contribution is 7.89. The number of benzene rings is 1. The van der Waals surface area contributed by atoms with Gasteiger partial charge in [0.15, 0.2) is 0 Å². The molecule has 1 aromatic rings. The molecule has 1 rings (SSSR count). The fourth-order valence-corrected chi connectivity index (χ4v) is 2.68. The van der Waals surface area contributed by atoms with Crippen LogP contribution in [0.1, 0.15) is 20.3 Å². The normalized spacial score (nSPS) is 12.3. The Balaban J connectivity index is 2.98. The lowest BCUT2D eigenvalue weighted by Gasteiger charge is -2.18. The van der Waals surface area contributed by atoms with Gasteiger partial charge in [0, 0.05) is 19.3 Å². The van der Waals surface area contributed by atoms with E-state index in [4.69, 9.17) is 5.73 Å². The molecule has 6 heteroatoms. The van der Waals surface area contributed by atoms with Crippen molar-refractivity contribution in [1.82, 2.24) is 4.31 Å². The first-order chi connectivity index (χ1) is 8.25. The SMILES string of the molecule is CC(C)CCN(C)S(=O)(=O)c1ccc(N)cc1F. The average Bonchev–Trinajstić information content (AvgIpc) is 2.24. The lowest BCUT2D eigenvalue weighted by atomic mass is 10.1. The van der Waals surface area contributed by atoms with Crippen molar-refractivity contribution in [2.24, 2.45) is 5.92 Å². The molecule has 0 aliphatic heterocycles. The number of nitrogens with zero attached hydrogens (tertiary/aromatic N) is 1. The molecule has 18 heavy (non-hydrogen) atoms. The third-order valence-electron chi connectivity index (χ3n) is 2.67. The van der Waals surface area contributed by atoms with Gasteiger partial charge in [0.2, 0.25) is 10.0 Å². The van der Waals surface area contributed by atoms with Crippen molar-refractivity contribution >= 4 is 15.7 Å². The Labute approximate surface area is 108 Å². The van der Waals surface area contributed by atoms with Gasteiger partial charge in [-0.15, -0.1) is 0 Å². The van der Waals surface area contributed by atoms with Crippen LogP contribution >= 0.6 is 0 Å². The monoisotopic (exact) mass is 274 g/mol. The van der Waals surface area contributed by atoms with Gasteiger partial charge in [-0.25, -0.2) is 17.1 Å². The maximum Gasteiger partial charge on any atom is 0.245 e. The number of rotatable bonds is 5. The van der Waals surface area contributed by atoms with Crippen LogP contribution in [0.15, 0.2) is 23.1 Å². The van der Waals surface area contributed by atoms with Crippen molar-refractivity contribution in [2.45, 2.75) is 25.2 Å². The van der Waals surface area contributed by atoms with Crippen LogP contribution in [0, 0.1) is 11.7 Å². The first kappa shape index (κ1) is 14.9. The summed E-state index contributed by atoms with van der Waals surface area (Å²) in [6.45, 7) is 4.37. The van der Waals surface area contributed by atoms with Gasteiger partial charge < -0.3 is 5.73 Å². The summed E-state index contributed by atoms with van der Waals surface area (Å²) in [6, 6.07) is 3.60. The Bertz CT molecular complexity index is 515. The van der Waals surface area contributed by atoms with Crippen molar-refractivity contribution in [3.05, 3.63) is 24.0 Å². The number of hydrogen-bond donors (Lipinski definition) is 1. The number of nitrogens with two attached hydrogens (primary N) is 1. The predicted octanol–water partition coefficient (Wildman–Crippen LogP) is 2.07. The summed E-state index contributed by atoms with van der Waals surface area (Å²) in [6.07, 6.45) is 0.728. The fraction of sp³-hybridized carbons (Fsp3) is 0.500. The number of hydrogen-bond acceptors (Lipinski definition) is 3. The zero-order chi connectivity index (χ0) is 13.9. The summed E-state index contributed by atoms with van der Waals surface area (Å²) in [5.74, 6) is -0.426. The minimum absolute atomic E-state index is 0.205. The van der Waals surface area contributed by atoms with E-state index >= 15 is 0 Å². The average molecular weight is 274 g/mol. The highest BCUT2D eigenvalue weighted by Crippen LogP contribution is 2.20. The summed E-state index contributed by atoms with van der Waals surface area (Å²) in [7, 11) is -2.33. The predicted molar refractivity (Wildman–Crippen MR) is 70.1 cm³/mol. The zero-order valence-electron chi connectivity index (χ0n) is 10.9. The van der Waals surface area contributed by atoms with Crippen molar-refractivity contribution < 1.29 is 12.8 Å². The third-order valence-corrected chi connectivity index (χ3v) is 4.56. The van der Waals surface area contributed by atoms with E-state index in [2.05, 4.69) is 0 Å². The Kier molecular flexibility index (Phi) is 4.70. The van der Waals surface area contributed by atoms with Gasteiger partial charge in [-0.3, -0.25) is 0 Å². The second kappa shape index (κ2) is 5.67. The molecular formula is C12H19FN2O2S. The molecule has 0 saturated heterocycles. The summed E-state index contributed by atoms with van der Waals surface area (Å²) < 4.78 is 39.0. The van der Waals surface area contributed by atoms with Crippen LogP contribution in [0.2, 0.25) is 0 Å². The molecule has 0 heterocycles. The van der Waals surface area contributed by atoms with Gasteiger partial charge in [-0.2, -0.15) is 0 Å². The molecule has 0 saturated carbocycles. The molecule has 0 radical (unpaired) electrons. The highest BCUT2D eigenvalue weighted by Gasteiger charge is 2.24. The van der Waals surface area contributed by atoms with Crippen molar-refractivity contribution in [3.8, 4) is 0 Å². The Hall–Kier alpha value is -1.14. The van der Waals surface area contributed by atoms with Crippen LogP contribution in [0.25, 0.3) is 0 Å². The molecule has 0 aliphatic rings. The van der Waals surface area contributed by atoms with E-state index in [1.165, 1.54) is 23.5 Å². The topological polar surface area (TPSA) is 63.4 Å². The minimum atomic E-state index is -3.78. The molecule has 0 amide bonds. The van der Waals surface area contributed by atoms with E-state index in [1.54, 1.807) is 0 Å². The Morgan fingerprint density at radius 1 is 1.39 bits per heavy atom. The molecule has 0 spiro atoms. The molecule has 0 aromatic heterocycles. The molecule has 4 nitrogen and oxygen atoms in total. The van der Waals surface area contributed by atoms with Gasteiger partial charge in [0.1, 0.15) is 10.7 Å². The van der Waals surface area contributed by atoms with Gasteiger partial charge in [0.05, 0.1) is 0 Å². The number of sulfonamides is 1. The molecule has 102 valence electrons. The van der Waals surface area contributed by atoms with Crippen molar-refractivity contribution in [2.75, 3.05) is 19.3 Å². The van der Waals surface area contributed by atoms with Crippen LogP contribution in [0.5, 0.6) is 0 Å². The fourth-order valence-electron chi connectivity index (χ4n) is 1.45. The van der Waals surface area contributed by atoms with Crippen molar-refractivity contribution in [3.63, 3.8) is 0 Å². The molecule has 0 fully saturated rings. The van der Waals surface area contributed by atoms with Gasteiger partial charge in [-0.05, 0) is 30.5 Å². The van der Waals surface area contributed by atoms with Crippen LogP contribution < -0.4 is 5.73 Å². The standard InChI is InChI=1S/C12H19FN2O2S/c1-9(2)6-7-15(3)18(16,17)12-5-4-10(14)8-11(12)13/h4-5,8-9H,6-7,14H2,1-3H3. The minimum Gasteiger partial charge on any atom is -0.399 e.